The first-order chi connectivity index (χ1) is 15.8. The van der Waals surface area contributed by atoms with Gasteiger partial charge in [-0.2, -0.15) is 0 Å². The molecule has 0 radical (unpaired) electrons. The van der Waals surface area contributed by atoms with Crippen LogP contribution in [0.2, 0.25) is 0 Å². The Morgan fingerprint density at radius 1 is 0.909 bits per heavy atom. The van der Waals surface area contributed by atoms with E-state index in [-0.39, 0.29) is 11.7 Å². The quantitative estimate of drug-likeness (QED) is 0.464. The van der Waals surface area contributed by atoms with E-state index in [0.717, 1.165) is 11.1 Å². The molecule has 0 atom stereocenters. The van der Waals surface area contributed by atoms with E-state index in [0.29, 0.717) is 24.2 Å². The Balaban J connectivity index is 1.79. The summed E-state index contributed by atoms with van der Waals surface area (Å²) in [6.07, 6.45) is 9.37. The molecule has 3 heterocycles. The summed E-state index contributed by atoms with van der Waals surface area (Å²) in [5, 5.41) is 3.48. The minimum Gasteiger partial charge on any atom is -0.357 e. The van der Waals surface area contributed by atoms with Crippen LogP contribution in [0.3, 0.4) is 0 Å². The molecule has 0 saturated carbocycles. The molecule has 1 aromatic carbocycles. The van der Waals surface area contributed by atoms with Crippen LogP contribution in [0.1, 0.15) is 42.3 Å². The van der Waals surface area contributed by atoms with E-state index in [2.05, 4.69) is 15.3 Å². The summed E-state index contributed by atoms with van der Waals surface area (Å²) in [5.74, 6) is 0.309. The van der Waals surface area contributed by atoms with Crippen LogP contribution in [0.4, 0.5) is 0 Å². The maximum atomic E-state index is 14.1. The summed E-state index contributed by atoms with van der Waals surface area (Å²) < 4.78 is 0. The molecule has 4 rings (SSSR count). The highest BCUT2D eigenvalue weighted by Crippen LogP contribution is 2.35. The number of benzene rings is 1. The molecule has 0 spiro atoms. The summed E-state index contributed by atoms with van der Waals surface area (Å²) in [6.45, 7) is 5.92. The first-order valence-corrected chi connectivity index (χ1v) is 11.0. The second-order valence-electron chi connectivity index (χ2n) is 9.34. The molecule has 1 aliphatic heterocycles. The summed E-state index contributed by atoms with van der Waals surface area (Å²) in [4.78, 5) is 37.1. The van der Waals surface area contributed by atoms with Crippen molar-refractivity contribution in [1.82, 2.24) is 20.2 Å². The Hall–Kier alpha value is -3.80. The molecule has 0 bridgehead atoms. The average molecular weight is 441 g/mol. The second kappa shape index (κ2) is 8.98. The van der Waals surface area contributed by atoms with Crippen molar-refractivity contribution in [3.8, 4) is 0 Å². The molecule has 0 aliphatic carbocycles. The lowest BCUT2D eigenvalue weighted by Gasteiger charge is -2.33. The number of ketones is 1. The highest BCUT2D eigenvalue weighted by molar-refractivity contribution is 6.06. The number of hydrogen-bond acceptors (Lipinski definition) is 5. The van der Waals surface area contributed by atoms with Gasteiger partial charge < -0.3 is 5.32 Å². The van der Waals surface area contributed by atoms with Crippen LogP contribution < -0.4 is 5.32 Å². The van der Waals surface area contributed by atoms with Gasteiger partial charge >= 0.3 is 0 Å². The van der Waals surface area contributed by atoms with Crippen molar-refractivity contribution in [2.45, 2.75) is 44.7 Å². The molecule has 0 unspecified atom stereocenters. The van der Waals surface area contributed by atoms with E-state index in [1.54, 1.807) is 47.9 Å². The van der Waals surface area contributed by atoms with Crippen LogP contribution in [-0.4, -0.2) is 37.6 Å². The molecule has 2 aromatic heterocycles. The Morgan fingerprint density at radius 3 is 1.91 bits per heavy atom. The van der Waals surface area contributed by atoms with E-state index < -0.39 is 11.1 Å². The Labute approximate surface area is 194 Å². The Bertz CT molecular complexity index is 1110. The summed E-state index contributed by atoms with van der Waals surface area (Å²) in [7, 11) is 0. The molecule has 168 valence electrons. The predicted molar refractivity (Wildman–Crippen MR) is 127 cm³/mol. The molecule has 6 heteroatoms. The Morgan fingerprint density at radius 2 is 1.42 bits per heavy atom. The molecule has 1 fully saturated rings. The standard InChI is InChI=1S/C27H28N4O2/c1-26(2,3)31-24(17-23(32)22-7-5-4-6-8-22)30-27(25(31)33,18-20-9-13-28-14-10-20)19-21-11-15-29-16-12-21/h4-17,30H,18-19H2,1-3H3. The number of aromatic nitrogens is 2. The second-order valence-corrected chi connectivity index (χ2v) is 9.34. The molecule has 1 amide bonds. The van der Waals surface area contributed by atoms with Crippen LogP contribution in [0.25, 0.3) is 0 Å². The molecule has 1 aliphatic rings. The zero-order valence-electron chi connectivity index (χ0n) is 19.2. The third kappa shape index (κ3) is 4.85. The van der Waals surface area contributed by atoms with Gasteiger partial charge in [-0.1, -0.05) is 30.3 Å². The fourth-order valence-electron chi connectivity index (χ4n) is 4.25. The highest BCUT2D eigenvalue weighted by atomic mass is 16.2. The molecule has 6 nitrogen and oxygen atoms in total. The third-order valence-electron chi connectivity index (χ3n) is 5.73. The number of carbonyl (C=O) groups is 2. The number of allylic oxidation sites excluding steroid dienone is 1. The van der Waals surface area contributed by atoms with Crippen molar-refractivity contribution in [3.05, 3.63) is 108 Å². The fraction of sp³-hybridized carbons (Fsp3) is 0.259. The van der Waals surface area contributed by atoms with E-state index >= 15 is 0 Å². The van der Waals surface area contributed by atoms with Crippen molar-refractivity contribution in [2.75, 3.05) is 0 Å². The van der Waals surface area contributed by atoms with Gasteiger partial charge in [0.2, 0.25) is 0 Å². The van der Waals surface area contributed by atoms with Gasteiger partial charge in [0.1, 0.15) is 11.4 Å². The Kier molecular flexibility index (Phi) is 6.09. The van der Waals surface area contributed by atoms with Crippen molar-refractivity contribution in [2.24, 2.45) is 0 Å². The van der Waals surface area contributed by atoms with Gasteiger partial charge in [-0.05, 0) is 56.2 Å². The number of amides is 1. The lowest BCUT2D eigenvalue weighted by molar-refractivity contribution is -0.135. The van der Waals surface area contributed by atoms with Gasteiger partial charge in [-0.15, -0.1) is 0 Å². The maximum Gasteiger partial charge on any atom is 0.254 e. The number of hydrogen-bond donors (Lipinski definition) is 1. The number of carbonyl (C=O) groups excluding carboxylic acids is 2. The predicted octanol–water partition coefficient (Wildman–Crippen LogP) is 3.96. The molecule has 1 saturated heterocycles. The first-order valence-electron chi connectivity index (χ1n) is 11.0. The lowest BCUT2D eigenvalue weighted by atomic mass is 9.84. The van der Waals surface area contributed by atoms with Crippen molar-refractivity contribution < 1.29 is 9.59 Å². The van der Waals surface area contributed by atoms with E-state index in [1.807, 2.05) is 63.2 Å². The highest BCUT2D eigenvalue weighted by Gasteiger charge is 2.52. The summed E-state index contributed by atoms with van der Waals surface area (Å²) >= 11 is 0. The van der Waals surface area contributed by atoms with Crippen LogP contribution in [0.15, 0.2) is 91.3 Å². The monoisotopic (exact) mass is 440 g/mol. The van der Waals surface area contributed by atoms with Gasteiger partial charge in [0, 0.05) is 54.8 Å². The van der Waals surface area contributed by atoms with Gasteiger partial charge in [-0.25, -0.2) is 0 Å². The van der Waals surface area contributed by atoms with Crippen molar-refractivity contribution in [3.63, 3.8) is 0 Å². The number of nitrogens with zero attached hydrogens (tertiary/aromatic N) is 3. The van der Waals surface area contributed by atoms with Crippen LogP contribution >= 0.6 is 0 Å². The minimum atomic E-state index is -0.946. The lowest BCUT2D eigenvalue weighted by Crippen LogP contribution is -2.52. The smallest absolute Gasteiger partial charge is 0.254 e. The van der Waals surface area contributed by atoms with Gasteiger partial charge in [0.05, 0.1) is 0 Å². The number of rotatable bonds is 6. The molecule has 1 N–H and O–H groups in total. The average Bonchev–Trinajstić information content (AvgIpc) is 3.06. The van der Waals surface area contributed by atoms with Gasteiger partial charge in [0.25, 0.3) is 5.91 Å². The molecule has 3 aromatic rings. The topological polar surface area (TPSA) is 75.2 Å². The van der Waals surface area contributed by atoms with Gasteiger partial charge in [-0.3, -0.25) is 24.5 Å². The first kappa shape index (κ1) is 22.4. The van der Waals surface area contributed by atoms with Crippen molar-refractivity contribution >= 4 is 11.7 Å². The molecular formula is C27H28N4O2. The maximum absolute atomic E-state index is 14.1. The number of nitrogens with one attached hydrogen (secondary N) is 1. The number of pyridine rings is 2. The van der Waals surface area contributed by atoms with Crippen LogP contribution in [-0.2, 0) is 17.6 Å². The summed E-state index contributed by atoms with van der Waals surface area (Å²) in [6, 6.07) is 16.8. The largest absolute Gasteiger partial charge is 0.357 e. The zero-order chi connectivity index (χ0) is 23.5. The molecular weight excluding hydrogens is 412 g/mol. The van der Waals surface area contributed by atoms with Crippen LogP contribution in [0, 0.1) is 0 Å². The molecule has 33 heavy (non-hydrogen) atoms. The van der Waals surface area contributed by atoms with Crippen molar-refractivity contribution in [1.29, 1.82) is 0 Å². The fourth-order valence-corrected chi connectivity index (χ4v) is 4.25. The summed E-state index contributed by atoms with van der Waals surface area (Å²) in [5.41, 5.74) is 1.09. The van der Waals surface area contributed by atoms with Gasteiger partial charge in [0.15, 0.2) is 5.78 Å². The van der Waals surface area contributed by atoms with E-state index in [4.69, 9.17) is 0 Å². The normalized spacial score (nSPS) is 16.6. The minimum absolute atomic E-state index is 0.0595. The zero-order valence-corrected chi connectivity index (χ0v) is 19.2. The van der Waals surface area contributed by atoms with E-state index in [9.17, 15) is 9.59 Å². The van der Waals surface area contributed by atoms with E-state index in [1.165, 1.54) is 0 Å². The third-order valence-corrected chi connectivity index (χ3v) is 5.73. The van der Waals surface area contributed by atoms with Crippen LogP contribution in [0.5, 0.6) is 0 Å². The SMILES string of the molecule is CC(C)(C)N1C(=O)C(Cc2ccncc2)(Cc2ccncc2)NC1=CC(=O)c1ccccc1.